The first-order valence-electron chi connectivity index (χ1n) is 9.19. The summed E-state index contributed by atoms with van der Waals surface area (Å²) in [5, 5.41) is 12.7. The number of amidine groups is 1. The average molecular weight is 388 g/mol. The van der Waals surface area contributed by atoms with Gasteiger partial charge in [0.15, 0.2) is 5.17 Å². The number of carbonyl (C=O) groups is 2. The number of aliphatic imine (C=N–C) groups is 1. The van der Waals surface area contributed by atoms with E-state index < -0.39 is 0 Å². The lowest BCUT2D eigenvalue weighted by Crippen LogP contribution is -2.45. The third-order valence-electron chi connectivity index (χ3n) is 4.56. The van der Waals surface area contributed by atoms with Crippen molar-refractivity contribution in [3.05, 3.63) is 34.2 Å². The first-order chi connectivity index (χ1) is 13.0. The van der Waals surface area contributed by atoms with Crippen molar-refractivity contribution in [2.24, 2.45) is 4.99 Å². The van der Waals surface area contributed by atoms with Crippen LogP contribution in [0.1, 0.15) is 42.6 Å². The predicted molar refractivity (Wildman–Crippen MR) is 107 cm³/mol. The molecule has 0 atom stereocenters. The van der Waals surface area contributed by atoms with Crippen molar-refractivity contribution in [3.8, 4) is 5.75 Å². The maximum Gasteiger partial charge on any atom is 0.286 e. The number of phenols is 1. The Morgan fingerprint density at radius 3 is 2.81 bits per heavy atom. The number of benzene rings is 1. The minimum Gasteiger partial charge on any atom is -0.507 e. The molecule has 0 spiro atoms. The second-order valence-electron chi connectivity index (χ2n) is 6.33. The summed E-state index contributed by atoms with van der Waals surface area (Å²) in [6, 6.07) is 4.70. The fourth-order valence-electron chi connectivity index (χ4n) is 3.00. The minimum atomic E-state index is -0.331. The van der Waals surface area contributed by atoms with Crippen molar-refractivity contribution in [1.82, 2.24) is 15.3 Å². The Hall–Kier alpha value is -2.32. The van der Waals surface area contributed by atoms with E-state index >= 15 is 0 Å². The zero-order chi connectivity index (χ0) is 19.4. The van der Waals surface area contributed by atoms with Crippen LogP contribution in [-0.4, -0.2) is 58.2 Å². The van der Waals surface area contributed by atoms with Gasteiger partial charge in [0.1, 0.15) is 5.75 Å². The van der Waals surface area contributed by atoms with E-state index in [1.54, 1.807) is 23.1 Å². The van der Waals surface area contributed by atoms with Gasteiger partial charge in [0.25, 0.3) is 11.8 Å². The summed E-state index contributed by atoms with van der Waals surface area (Å²) < 4.78 is 0. The molecule has 1 aromatic rings. The monoisotopic (exact) mass is 388 g/mol. The van der Waals surface area contributed by atoms with Crippen LogP contribution in [0.5, 0.6) is 5.75 Å². The lowest BCUT2D eigenvalue weighted by Gasteiger charge is -2.28. The van der Waals surface area contributed by atoms with Crippen molar-refractivity contribution in [2.75, 3.05) is 26.2 Å². The van der Waals surface area contributed by atoms with Gasteiger partial charge in [-0.25, -0.2) is 5.43 Å². The lowest BCUT2D eigenvalue weighted by molar-refractivity contribution is -0.113. The number of aromatic hydroxyl groups is 1. The highest BCUT2D eigenvalue weighted by Crippen LogP contribution is 2.32. The molecule has 2 N–H and O–H groups in total. The van der Waals surface area contributed by atoms with Crippen LogP contribution in [0.3, 0.4) is 0 Å². The summed E-state index contributed by atoms with van der Waals surface area (Å²) in [4.78, 5) is 31.1. The molecule has 27 heavy (non-hydrogen) atoms. The van der Waals surface area contributed by atoms with Crippen molar-refractivity contribution in [2.45, 2.75) is 26.7 Å². The van der Waals surface area contributed by atoms with Crippen molar-refractivity contribution in [1.29, 1.82) is 0 Å². The molecule has 0 aliphatic carbocycles. The summed E-state index contributed by atoms with van der Waals surface area (Å²) in [5.41, 5.74) is 4.15. The number of phenolic OH excluding ortho intramolecular Hbond substituents is 1. The van der Waals surface area contributed by atoms with Gasteiger partial charge >= 0.3 is 0 Å². The number of nitrogens with one attached hydrogen (secondary N) is 1. The normalized spacial score (nSPS) is 18.7. The second kappa shape index (κ2) is 8.58. The molecule has 1 saturated heterocycles. The Balaban J connectivity index is 1.81. The minimum absolute atomic E-state index is 0.0246. The van der Waals surface area contributed by atoms with Gasteiger partial charge in [-0.2, -0.15) is 4.99 Å². The fourth-order valence-corrected chi connectivity index (χ4v) is 3.91. The maximum atomic E-state index is 12.5. The Bertz CT molecular complexity index is 796. The second-order valence-corrected chi connectivity index (χ2v) is 7.34. The molecule has 2 heterocycles. The SMILES string of the molecule is CCN(CC)C(=O)c1ccc(O)c(/C=C2\SC(N3CCCCN3)=NC2=O)c1. The predicted octanol–water partition coefficient (Wildman–Crippen LogP) is 2.44. The van der Waals surface area contributed by atoms with Gasteiger partial charge in [-0.15, -0.1) is 0 Å². The number of nitrogens with zero attached hydrogens (tertiary/aromatic N) is 3. The molecule has 3 rings (SSSR count). The van der Waals surface area contributed by atoms with Crippen LogP contribution in [0, 0.1) is 0 Å². The summed E-state index contributed by atoms with van der Waals surface area (Å²) in [5.74, 6) is -0.404. The lowest BCUT2D eigenvalue weighted by atomic mass is 10.1. The molecule has 0 unspecified atom stereocenters. The third-order valence-corrected chi connectivity index (χ3v) is 5.57. The number of rotatable bonds is 4. The number of hydrogen-bond donors (Lipinski definition) is 2. The van der Waals surface area contributed by atoms with Gasteiger partial charge in [-0.05, 0) is 62.7 Å². The molecule has 8 heteroatoms. The van der Waals surface area contributed by atoms with Crippen LogP contribution in [0.25, 0.3) is 6.08 Å². The Morgan fingerprint density at radius 1 is 1.37 bits per heavy atom. The van der Waals surface area contributed by atoms with Gasteiger partial charge in [0.05, 0.1) is 4.91 Å². The number of hydrogen-bond acceptors (Lipinski definition) is 6. The molecule has 0 bridgehead atoms. The van der Waals surface area contributed by atoms with E-state index in [1.807, 2.05) is 18.9 Å². The molecule has 0 saturated carbocycles. The highest BCUT2D eigenvalue weighted by Gasteiger charge is 2.27. The molecule has 7 nitrogen and oxygen atoms in total. The standard InChI is InChI=1S/C19H24N4O3S/c1-3-22(4-2)18(26)13-7-8-15(24)14(11-13)12-16-17(25)21-19(27-16)23-10-6-5-9-20-23/h7-8,11-12,20,24H,3-6,9-10H2,1-2H3/b16-12-. The number of carbonyl (C=O) groups excluding carboxylic acids is 2. The molecular formula is C19H24N4O3S. The zero-order valence-electron chi connectivity index (χ0n) is 15.6. The van der Waals surface area contributed by atoms with Gasteiger partial charge in [0, 0.05) is 37.3 Å². The molecule has 144 valence electrons. The Morgan fingerprint density at radius 2 is 2.15 bits per heavy atom. The van der Waals surface area contributed by atoms with Crippen LogP contribution in [0.2, 0.25) is 0 Å². The average Bonchev–Trinajstić information content (AvgIpc) is 3.05. The number of hydrazine groups is 1. The van der Waals surface area contributed by atoms with Gasteiger partial charge in [-0.3, -0.25) is 14.6 Å². The van der Waals surface area contributed by atoms with Crippen LogP contribution in [0.4, 0.5) is 0 Å². The van der Waals surface area contributed by atoms with Crippen molar-refractivity contribution >= 4 is 34.8 Å². The van der Waals surface area contributed by atoms with E-state index in [0.717, 1.165) is 25.9 Å². The van der Waals surface area contributed by atoms with E-state index in [2.05, 4.69) is 10.4 Å². The van der Waals surface area contributed by atoms with E-state index in [4.69, 9.17) is 0 Å². The van der Waals surface area contributed by atoms with Crippen LogP contribution >= 0.6 is 11.8 Å². The molecular weight excluding hydrogens is 364 g/mol. The molecule has 1 aromatic carbocycles. The zero-order valence-corrected chi connectivity index (χ0v) is 16.4. The summed E-state index contributed by atoms with van der Waals surface area (Å²) >= 11 is 1.28. The number of amides is 2. The topological polar surface area (TPSA) is 85.2 Å². The van der Waals surface area contributed by atoms with Crippen molar-refractivity contribution in [3.63, 3.8) is 0 Å². The largest absolute Gasteiger partial charge is 0.507 e. The first kappa shape index (κ1) is 19.4. The van der Waals surface area contributed by atoms with E-state index in [0.29, 0.717) is 34.3 Å². The molecule has 0 radical (unpaired) electrons. The highest BCUT2D eigenvalue weighted by molar-refractivity contribution is 8.18. The van der Waals surface area contributed by atoms with E-state index in [1.165, 1.54) is 17.8 Å². The van der Waals surface area contributed by atoms with E-state index in [9.17, 15) is 14.7 Å². The summed E-state index contributed by atoms with van der Waals surface area (Å²) in [6.45, 7) is 6.74. The van der Waals surface area contributed by atoms with Crippen LogP contribution < -0.4 is 5.43 Å². The van der Waals surface area contributed by atoms with Gasteiger partial charge < -0.3 is 10.0 Å². The Kier molecular flexibility index (Phi) is 6.18. The summed E-state index contributed by atoms with van der Waals surface area (Å²) in [7, 11) is 0. The maximum absolute atomic E-state index is 12.5. The highest BCUT2D eigenvalue weighted by atomic mass is 32.2. The number of thioether (sulfide) groups is 1. The van der Waals surface area contributed by atoms with Gasteiger partial charge in [0.2, 0.25) is 0 Å². The summed E-state index contributed by atoms with van der Waals surface area (Å²) in [6.07, 6.45) is 3.75. The molecule has 0 aromatic heterocycles. The Labute approximate surface area is 163 Å². The molecule has 2 amide bonds. The smallest absolute Gasteiger partial charge is 0.286 e. The van der Waals surface area contributed by atoms with Gasteiger partial charge in [-0.1, -0.05) is 0 Å². The third kappa shape index (κ3) is 4.33. The molecule has 1 fully saturated rings. The van der Waals surface area contributed by atoms with E-state index in [-0.39, 0.29) is 17.6 Å². The molecule has 2 aliphatic rings. The van der Waals surface area contributed by atoms with Crippen LogP contribution in [-0.2, 0) is 4.79 Å². The van der Waals surface area contributed by atoms with Crippen LogP contribution in [0.15, 0.2) is 28.1 Å². The first-order valence-corrected chi connectivity index (χ1v) is 10.0. The molecule has 2 aliphatic heterocycles. The quantitative estimate of drug-likeness (QED) is 0.771. The fraction of sp³-hybridized carbons (Fsp3) is 0.421. The van der Waals surface area contributed by atoms with Crippen molar-refractivity contribution < 1.29 is 14.7 Å².